The molecule has 1 atom stereocenters. The minimum absolute atomic E-state index is 0.0651. The van der Waals surface area contributed by atoms with Gasteiger partial charge >= 0.3 is 6.61 Å². The third kappa shape index (κ3) is 7.63. The van der Waals surface area contributed by atoms with Crippen molar-refractivity contribution in [2.75, 3.05) is 41.2 Å². The summed E-state index contributed by atoms with van der Waals surface area (Å²) in [5.41, 5.74) is 3.56. The molecule has 0 radical (unpaired) electrons. The van der Waals surface area contributed by atoms with Crippen molar-refractivity contribution in [3.63, 3.8) is 0 Å². The second-order valence-corrected chi connectivity index (χ2v) is 12.8. The fourth-order valence-corrected chi connectivity index (χ4v) is 6.67. The van der Waals surface area contributed by atoms with Crippen molar-refractivity contribution in [2.45, 2.75) is 31.3 Å². The maximum absolute atomic E-state index is 13.1. The number of nitrogens with zero attached hydrogens (tertiary/aromatic N) is 5. The second kappa shape index (κ2) is 14.3. The Morgan fingerprint density at radius 1 is 0.978 bits per heavy atom. The highest BCUT2D eigenvalue weighted by atomic mass is 32.2. The molecule has 3 aromatic heterocycles. The number of thiazole rings is 1. The van der Waals surface area contributed by atoms with E-state index in [1.54, 1.807) is 35.9 Å². The van der Waals surface area contributed by atoms with Gasteiger partial charge in [0.1, 0.15) is 22.6 Å². The molecule has 2 aromatic carbocycles. The number of benzene rings is 2. The molecule has 1 aliphatic heterocycles. The van der Waals surface area contributed by atoms with E-state index in [-0.39, 0.29) is 11.7 Å². The summed E-state index contributed by atoms with van der Waals surface area (Å²) in [4.78, 5) is 22.2. The van der Waals surface area contributed by atoms with Gasteiger partial charge in [0.15, 0.2) is 0 Å². The molecule has 1 fully saturated rings. The van der Waals surface area contributed by atoms with Gasteiger partial charge in [-0.2, -0.15) is 8.78 Å². The number of rotatable bonds is 11. The number of ether oxygens (including phenoxy) is 2. The van der Waals surface area contributed by atoms with Crippen LogP contribution in [-0.2, 0) is 15.7 Å². The highest BCUT2D eigenvalue weighted by Gasteiger charge is 2.19. The zero-order valence-corrected chi connectivity index (χ0v) is 26.7. The maximum Gasteiger partial charge on any atom is 0.387 e. The van der Waals surface area contributed by atoms with Gasteiger partial charge in [0.2, 0.25) is 5.95 Å². The van der Waals surface area contributed by atoms with Crippen LogP contribution in [0.3, 0.4) is 0 Å². The molecule has 238 valence electrons. The van der Waals surface area contributed by atoms with Crippen LogP contribution in [0.4, 0.5) is 31.9 Å². The summed E-state index contributed by atoms with van der Waals surface area (Å²) >= 11 is 1.56. The van der Waals surface area contributed by atoms with Crippen molar-refractivity contribution >= 4 is 45.5 Å². The molecule has 14 heteroatoms. The normalized spacial score (nSPS) is 14.0. The topological polar surface area (TPSA) is 114 Å². The summed E-state index contributed by atoms with van der Waals surface area (Å²) in [5, 5.41) is 4.20. The number of anilines is 4. The number of hydrogen-bond acceptors (Lipinski definition) is 10. The van der Waals surface area contributed by atoms with E-state index in [4.69, 9.17) is 14.7 Å². The summed E-state index contributed by atoms with van der Waals surface area (Å²) < 4.78 is 51.2. The first kappa shape index (κ1) is 31.5. The van der Waals surface area contributed by atoms with Crippen LogP contribution in [0.25, 0.3) is 21.8 Å². The average Bonchev–Trinajstić information content (AvgIpc) is 3.52. The molecular weight excluding hydrogens is 633 g/mol. The SMILES string of the molecule is CC(C)c1nc(-c2cccc(NS(=O)c3cccc(OC(F)F)c3)c2)c(-c2ccnc(Nc3ccc(N4CCOCC4)nc3)n2)s1. The third-order valence-corrected chi connectivity index (χ3v) is 9.44. The van der Waals surface area contributed by atoms with Gasteiger partial charge in [0.25, 0.3) is 0 Å². The van der Waals surface area contributed by atoms with E-state index in [9.17, 15) is 13.0 Å². The fourth-order valence-electron chi connectivity index (χ4n) is 4.73. The van der Waals surface area contributed by atoms with Gasteiger partial charge in [-0.25, -0.2) is 24.1 Å². The number of pyridine rings is 1. The lowest BCUT2D eigenvalue weighted by Gasteiger charge is -2.27. The third-order valence-electron chi connectivity index (χ3n) is 6.96. The molecule has 0 aliphatic carbocycles. The van der Waals surface area contributed by atoms with Crippen LogP contribution in [0.2, 0.25) is 0 Å². The van der Waals surface area contributed by atoms with Gasteiger partial charge in [0, 0.05) is 36.5 Å². The van der Waals surface area contributed by atoms with Crippen LogP contribution in [-0.4, -0.2) is 57.1 Å². The number of hydrogen-bond donors (Lipinski definition) is 2. The number of morpholine rings is 1. The Kier molecular flexibility index (Phi) is 9.76. The van der Waals surface area contributed by atoms with E-state index in [1.165, 1.54) is 18.2 Å². The zero-order valence-electron chi connectivity index (χ0n) is 25.0. The highest BCUT2D eigenvalue weighted by Crippen LogP contribution is 2.39. The fraction of sp³-hybridized carbons (Fsp3) is 0.250. The number of halogens is 2. The Bertz CT molecular complexity index is 1820. The lowest BCUT2D eigenvalue weighted by atomic mass is 10.1. The van der Waals surface area contributed by atoms with Crippen LogP contribution in [0.1, 0.15) is 24.8 Å². The van der Waals surface area contributed by atoms with Crippen LogP contribution < -0.4 is 19.7 Å². The van der Waals surface area contributed by atoms with E-state index in [0.717, 1.165) is 45.7 Å². The summed E-state index contributed by atoms with van der Waals surface area (Å²) in [6.45, 7) is 4.20. The van der Waals surface area contributed by atoms with E-state index in [1.807, 2.05) is 36.4 Å². The molecule has 0 amide bonds. The van der Waals surface area contributed by atoms with Crippen molar-refractivity contribution in [2.24, 2.45) is 0 Å². The number of alkyl halides is 2. The molecule has 6 rings (SSSR count). The monoisotopic (exact) mass is 663 g/mol. The predicted octanol–water partition coefficient (Wildman–Crippen LogP) is 7.10. The molecule has 0 spiro atoms. The smallest absolute Gasteiger partial charge is 0.387 e. The molecule has 5 aromatic rings. The van der Waals surface area contributed by atoms with Gasteiger partial charge in [0.05, 0.1) is 51.3 Å². The Morgan fingerprint density at radius 3 is 2.57 bits per heavy atom. The van der Waals surface area contributed by atoms with E-state index in [0.29, 0.717) is 35.4 Å². The summed E-state index contributed by atoms with van der Waals surface area (Å²) in [7, 11) is -1.73. The van der Waals surface area contributed by atoms with Gasteiger partial charge < -0.3 is 24.4 Å². The van der Waals surface area contributed by atoms with Crippen molar-refractivity contribution in [3.8, 4) is 27.6 Å². The highest BCUT2D eigenvalue weighted by molar-refractivity contribution is 7.86. The predicted molar refractivity (Wildman–Crippen MR) is 176 cm³/mol. The van der Waals surface area contributed by atoms with Crippen LogP contribution in [0.15, 0.2) is 84.0 Å². The minimum atomic E-state index is -2.97. The van der Waals surface area contributed by atoms with E-state index >= 15 is 0 Å². The molecule has 10 nitrogen and oxygen atoms in total. The first-order valence-electron chi connectivity index (χ1n) is 14.6. The molecule has 0 bridgehead atoms. The van der Waals surface area contributed by atoms with Gasteiger partial charge in [-0.05, 0) is 48.5 Å². The number of aromatic nitrogens is 4. The molecule has 2 N–H and O–H groups in total. The summed E-state index contributed by atoms with van der Waals surface area (Å²) in [5.74, 6) is 1.44. The molecule has 1 unspecified atom stereocenters. The van der Waals surface area contributed by atoms with Crippen molar-refractivity contribution in [1.82, 2.24) is 19.9 Å². The zero-order chi connectivity index (χ0) is 32.0. The Hall–Kier alpha value is -4.53. The minimum Gasteiger partial charge on any atom is -0.435 e. The van der Waals surface area contributed by atoms with Gasteiger partial charge in [-0.15, -0.1) is 11.3 Å². The van der Waals surface area contributed by atoms with Gasteiger partial charge in [-0.3, -0.25) is 0 Å². The first-order valence-corrected chi connectivity index (χ1v) is 16.5. The maximum atomic E-state index is 13.1. The molecule has 0 saturated carbocycles. The quantitative estimate of drug-likeness (QED) is 0.153. The van der Waals surface area contributed by atoms with Crippen molar-refractivity contribution in [3.05, 3.63) is 84.1 Å². The standard InChI is InChI=1S/C32H31F2N7O3S2/c1-20(2)30-39-28(21-5-3-6-22(17-21)40-46(42)25-8-4-7-24(18-25)44-31(33)34)29(45-30)26-11-12-35-32(38-26)37-23-9-10-27(36-19-23)41-13-15-43-16-14-41/h3-12,17-20,31,40H,13-16H2,1-2H3,(H,35,37,38). The largest absolute Gasteiger partial charge is 0.435 e. The van der Waals surface area contributed by atoms with E-state index < -0.39 is 17.6 Å². The molecule has 1 aliphatic rings. The van der Waals surface area contributed by atoms with Crippen molar-refractivity contribution in [1.29, 1.82) is 0 Å². The van der Waals surface area contributed by atoms with Crippen LogP contribution >= 0.6 is 11.3 Å². The number of nitrogens with one attached hydrogen (secondary N) is 2. The lowest BCUT2D eigenvalue weighted by molar-refractivity contribution is -0.0499. The van der Waals surface area contributed by atoms with Gasteiger partial charge in [-0.1, -0.05) is 32.0 Å². The first-order chi connectivity index (χ1) is 22.3. The van der Waals surface area contributed by atoms with Crippen LogP contribution in [0, 0.1) is 0 Å². The second-order valence-electron chi connectivity index (χ2n) is 10.6. The van der Waals surface area contributed by atoms with Crippen molar-refractivity contribution < 1.29 is 22.5 Å². The lowest BCUT2D eigenvalue weighted by Crippen LogP contribution is -2.36. The van der Waals surface area contributed by atoms with E-state index in [2.05, 4.69) is 43.5 Å². The molecule has 46 heavy (non-hydrogen) atoms. The Morgan fingerprint density at radius 2 is 1.80 bits per heavy atom. The molecule has 1 saturated heterocycles. The van der Waals surface area contributed by atoms with Crippen LogP contribution in [0.5, 0.6) is 5.75 Å². The summed E-state index contributed by atoms with van der Waals surface area (Å²) in [6.07, 6.45) is 3.46. The molecule has 4 heterocycles. The molecular formula is C32H31F2N7O3S2. The average molecular weight is 664 g/mol. The Balaban J connectivity index is 1.24. The Labute approximate surface area is 271 Å². The summed E-state index contributed by atoms with van der Waals surface area (Å²) in [6, 6.07) is 19.0.